The van der Waals surface area contributed by atoms with Gasteiger partial charge in [0.05, 0.1) is 18.8 Å². The van der Waals surface area contributed by atoms with Gasteiger partial charge in [-0.2, -0.15) is 0 Å². The lowest BCUT2D eigenvalue weighted by Gasteiger charge is -2.19. The summed E-state index contributed by atoms with van der Waals surface area (Å²) < 4.78 is 0. The molecule has 0 radical (unpaired) electrons. The van der Waals surface area contributed by atoms with Crippen molar-refractivity contribution in [3.8, 4) is 0 Å². The Morgan fingerprint density at radius 2 is 0.738 bits per heavy atom. The van der Waals surface area contributed by atoms with Crippen LogP contribution in [0.5, 0.6) is 0 Å². The zero-order valence-electron chi connectivity index (χ0n) is 40.9. The quantitative estimate of drug-likeness (QED) is 0.0422. The molecular formula is C57H105NO3. The van der Waals surface area contributed by atoms with Crippen LogP contribution >= 0.6 is 0 Å². The molecule has 356 valence electrons. The van der Waals surface area contributed by atoms with Gasteiger partial charge in [0.25, 0.3) is 0 Å². The highest BCUT2D eigenvalue weighted by Crippen LogP contribution is 2.17. The van der Waals surface area contributed by atoms with Crippen LogP contribution in [0.4, 0.5) is 0 Å². The van der Waals surface area contributed by atoms with E-state index in [1.807, 2.05) is 6.08 Å². The predicted octanol–water partition coefficient (Wildman–Crippen LogP) is 17.6. The molecule has 0 bridgehead atoms. The van der Waals surface area contributed by atoms with Crippen LogP contribution in [0, 0.1) is 0 Å². The molecule has 0 fully saturated rings. The molecule has 0 aliphatic rings. The maximum Gasteiger partial charge on any atom is 0.220 e. The van der Waals surface area contributed by atoms with Gasteiger partial charge in [-0.25, -0.2) is 0 Å². The van der Waals surface area contributed by atoms with E-state index in [1.54, 1.807) is 6.08 Å². The highest BCUT2D eigenvalue weighted by molar-refractivity contribution is 5.76. The lowest BCUT2D eigenvalue weighted by Crippen LogP contribution is -2.45. The number of rotatable bonds is 49. The maximum absolute atomic E-state index is 12.4. The van der Waals surface area contributed by atoms with Crippen molar-refractivity contribution >= 4 is 5.91 Å². The van der Waals surface area contributed by atoms with E-state index in [4.69, 9.17) is 0 Å². The van der Waals surface area contributed by atoms with Gasteiger partial charge in [0, 0.05) is 6.42 Å². The Kier molecular flexibility index (Phi) is 50.8. The van der Waals surface area contributed by atoms with Crippen LogP contribution in [0.3, 0.4) is 0 Å². The zero-order valence-corrected chi connectivity index (χ0v) is 40.9. The van der Waals surface area contributed by atoms with E-state index in [0.29, 0.717) is 6.42 Å². The molecule has 4 heteroatoms. The third-order valence-corrected chi connectivity index (χ3v) is 12.2. The maximum atomic E-state index is 12.4. The van der Waals surface area contributed by atoms with Gasteiger partial charge in [0.1, 0.15) is 0 Å². The fraction of sp³-hybridized carbons (Fsp3) is 0.807. The van der Waals surface area contributed by atoms with E-state index in [0.717, 1.165) is 51.4 Å². The average Bonchev–Trinajstić information content (AvgIpc) is 3.26. The molecule has 0 aromatic rings. The van der Waals surface area contributed by atoms with Gasteiger partial charge in [-0.15, -0.1) is 0 Å². The number of hydrogen-bond donors (Lipinski definition) is 3. The summed E-state index contributed by atoms with van der Waals surface area (Å²) in [5.74, 6) is -0.0777. The van der Waals surface area contributed by atoms with Crippen LogP contribution in [0.25, 0.3) is 0 Å². The van der Waals surface area contributed by atoms with E-state index in [1.165, 1.54) is 205 Å². The molecule has 0 heterocycles. The lowest BCUT2D eigenvalue weighted by molar-refractivity contribution is -0.123. The molecule has 1 amide bonds. The molecule has 0 aromatic heterocycles. The van der Waals surface area contributed by atoms with Crippen LogP contribution in [0.15, 0.2) is 60.8 Å². The van der Waals surface area contributed by atoms with Crippen molar-refractivity contribution in [3.63, 3.8) is 0 Å². The number of aliphatic hydroxyl groups excluding tert-OH is 2. The Balaban J connectivity index is 3.37. The topological polar surface area (TPSA) is 69.6 Å². The molecule has 0 aromatic carbocycles. The first-order chi connectivity index (χ1) is 30.2. The summed E-state index contributed by atoms with van der Waals surface area (Å²) in [6.07, 6.45) is 74.1. The van der Waals surface area contributed by atoms with Crippen LogP contribution in [0.2, 0.25) is 0 Å². The number of aliphatic hydroxyl groups is 2. The summed E-state index contributed by atoms with van der Waals surface area (Å²) >= 11 is 0. The van der Waals surface area contributed by atoms with Crippen molar-refractivity contribution in [2.45, 2.75) is 289 Å². The highest BCUT2D eigenvalue weighted by atomic mass is 16.3. The predicted molar refractivity (Wildman–Crippen MR) is 271 cm³/mol. The molecule has 0 rings (SSSR count). The number of amides is 1. The third-order valence-electron chi connectivity index (χ3n) is 12.2. The van der Waals surface area contributed by atoms with Crippen molar-refractivity contribution in [2.24, 2.45) is 0 Å². The van der Waals surface area contributed by atoms with Crippen molar-refractivity contribution in [1.29, 1.82) is 0 Å². The molecule has 61 heavy (non-hydrogen) atoms. The Morgan fingerprint density at radius 1 is 0.410 bits per heavy atom. The molecule has 0 saturated carbocycles. The van der Waals surface area contributed by atoms with Crippen LogP contribution in [0.1, 0.15) is 277 Å². The normalized spacial score (nSPS) is 13.3. The lowest BCUT2D eigenvalue weighted by atomic mass is 10.0. The third kappa shape index (κ3) is 49.0. The zero-order chi connectivity index (χ0) is 44.2. The van der Waals surface area contributed by atoms with Crippen LogP contribution in [-0.4, -0.2) is 34.9 Å². The Morgan fingerprint density at radius 3 is 1.11 bits per heavy atom. The van der Waals surface area contributed by atoms with E-state index in [9.17, 15) is 15.0 Å². The van der Waals surface area contributed by atoms with Gasteiger partial charge in [0.2, 0.25) is 5.91 Å². The van der Waals surface area contributed by atoms with E-state index in [2.05, 4.69) is 67.8 Å². The minimum absolute atomic E-state index is 0.0777. The number of nitrogens with one attached hydrogen (secondary N) is 1. The fourth-order valence-corrected chi connectivity index (χ4v) is 8.13. The standard InChI is InChI=1S/C57H105NO3/c1-3-5-7-9-11-13-15-16-17-18-19-20-21-22-23-24-25-26-27-28-29-30-31-32-33-34-35-36-37-38-39-40-41-42-43-45-47-49-51-53-57(61)58-55(54-59)56(60)52-50-48-46-44-14-12-10-8-6-4-2/h6,8,14-16,18-19,44,50,52,55-56,59-60H,3-5,7,9-13,17,20-43,45-49,51,53-54H2,1-2H3,(H,58,61)/b8-6+,16-15-,19-18-,44-14+,52-50+. The second kappa shape index (κ2) is 52.4. The van der Waals surface area contributed by atoms with Gasteiger partial charge in [0.15, 0.2) is 0 Å². The van der Waals surface area contributed by atoms with E-state index in [-0.39, 0.29) is 12.5 Å². The molecule has 0 aliphatic heterocycles. The Labute approximate surface area is 381 Å². The first-order valence-electron chi connectivity index (χ1n) is 27.0. The molecule has 2 unspecified atom stereocenters. The van der Waals surface area contributed by atoms with E-state index >= 15 is 0 Å². The number of carbonyl (C=O) groups is 1. The molecule has 0 spiro atoms. The summed E-state index contributed by atoms with van der Waals surface area (Å²) in [6.45, 7) is 4.17. The molecule has 0 saturated heterocycles. The van der Waals surface area contributed by atoms with Crippen molar-refractivity contribution in [1.82, 2.24) is 5.32 Å². The monoisotopic (exact) mass is 852 g/mol. The summed E-state index contributed by atoms with van der Waals surface area (Å²) in [5, 5.41) is 22.9. The molecule has 4 nitrogen and oxygen atoms in total. The number of unbranched alkanes of at least 4 members (excludes halogenated alkanes) is 34. The molecule has 3 N–H and O–H groups in total. The van der Waals surface area contributed by atoms with Crippen molar-refractivity contribution in [2.75, 3.05) is 6.61 Å². The summed E-state index contributed by atoms with van der Waals surface area (Å²) in [4.78, 5) is 12.4. The van der Waals surface area contributed by atoms with Gasteiger partial charge >= 0.3 is 0 Å². The number of carbonyl (C=O) groups excluding carboxylic acids is 1. The van der Waals surface area contributed by atoms with Gasteiger partial charge in [-0.3, -0.25) is 4.79 Å². The second-order valence-electron chi connectivity index (χ2n) is 18.2. The average molecular weight is 852 g/mol. The largest absolute Gasteiger partial charge is 0.394 e. The molecular weight excluding hydrogens is 747 g/mol. The van der Waals surface area contributed by atoms with Gasteiger partial charge in [-0.1, -0.05) is 261 Å². The van der Waals surface area contributed by atoms with Crippen molar-refractivity contribution in [3.05, 3.63) is 60.8 Å². The minimum Gasteiger partial charge on any atom is -0.394 e. The highest BCUT2D eigenvalue weighted by Gasteiger charge is 2.17. The first-order valence-corrected chi connectivity index (χ1v) is 27.0. The summed E-state index contributed by atoms with van der Waals surface area (Å²) in [5.41, 5.74) is 0. The molecule has 2 atom stereocenters. The second-order valence-corrected chi connectivity index (χ2v) is 18.2. The van der Waals surface area contributed by atoms with E-state index < -0.39 is 12.1 Å². The van der Waals surface area contributed by atoms with Gasteiger partial charge < -0.3 is 15.5 Å². The summed E-state index contributed by atoms with van der Waals surface area (Å²) in [7, 11) is 0. The fourth-order valence-electron chi connectivity index (χ4n) is 8.13. The minimum atomic E-state index is -0.868. The Bertz CT molecular complexity index is 1010. The van der Waals surface area contributed by atoms with Gasteiger partial charge in [-0.05, 0) is 70.6 Å². The first kappa shape index (κ1) is 59.1. The van der Waals surface area contributed by atoms with Crippen LogP contribution in [-0.2, 0) is 4.79 Å². The smallest absolute Gasteiger partial charge is 0.220 e. The van der Waals surface area contributed by atoms with Crippen molar-refractivity contribution < 1.29 is 15.0 Å². The molecule has 0 aliphatic carbocycles. The Hall–Kier alpha value is -1.91. The number of allylic oxidation sites excluding steroid dienone is 9. The van der Waals surface area contributed by atoms with Crippen LogP contribution < -0.4 is 5.32 Å². The SMILES string of the molecule is CC/C=C/CC/C=C/CC/C=C/C(O)C(CO)NC(=O)CCCCCCCCCCCCCCCCCCCCCCCCCCCCC/C=C\C/C=C\CCCCCCC. The summed E-state index contributed by atoms with van der Waals surface area (Å²) in [6, 6.07) is -0.643. The number of hydrogen-bond acceptors (Lipinski definition) is 3.